The maximum atomic E-state index is 11.0. The van der Waals surface area contributed by atoms with Crippen LogP contribution in [0.2, 0.25) is 0 Å². The van der Waals surface area contributed by atoms with Crippen molar-refractivity contribution >= 4 is 17.7 Å². The molecule has 1 aromatic carbocycles. The summed E-state index contributed by atoms with van der Waals surface area (Å²) in [5.74, 6) is 0. The third-order valence-electron chi connectivity index (χ3n) is 2.09. The molecule has 0 spiro atoms. The summed E-state index contributed by atoms with van der Waals surface area (Å²) >= 11 is 3.75. The minimum absolute atomic E-state index is 0.312. The molecule has 0 atom stereocenters. The Balaban J connectivity index is 2.46. The molecule has 2 rings (SSSR count). The summed E-state index contributed by atoms with van der Waals surface area (Å²) < 4.78 is 0. The summed E-state index contributed by atoms with van der Waals surface area (Å²) in [6.45, 7) is 0. The van der Waals surface area contributed by atoms with E-state index in [0.29, 0.717) is 5.69 Å². The minimum atomic E-state index is -0.312. The summed E-state index contributed by atoms with van der Waals surface area (Å²) in [5, 5.41) is -0.312. The molecule has 15 heavy (non-hydrogen) atoms. The van der Waals surface area contributed by atoms with Crippen LogP contribution in [0.4, 0.5) is 0 Å². The van der Waals surface area contributed by atoms with E-state index in [1.54, 1.807) is 12.3 Å². The van der Waals surface area contributed by atoms with Gasteiger partial charge in [0.15, 0.2) is 0 Å². The molecule has 74 valence electrons. The van der Waals surface area contributed by atoms with E-state index in [2.05, 4.69) is 17.6 Å². The van der Waals surface area contributed by atoms with Crippen molar-refractivity contribution in [2.24, 2.45) is 0 Å². The van der Waals surface area contributed by atoms with Crippen molar-refractivity contribution in [2.75, 3.05) is 0 Å². The lowest BCUT2D eigenvalue weighted by atomic mass is 10.1. The molecule has 2 nitrogen and oxygen atoms in total. The van der Waals surface area contributed by atoms with Crippen molar-refractivity contribution in [3.63, 3.8) is 0 Å². The molecular weight excluding hydrogens is 206 g/mol. The predicted octanol–water partition coefficient (Wildman–Crippen LogP) is 2.82. The predicted molar refractivity (Wildman–Crippen MR) is 63.0 cm³/mol. The normalized spacial score (nSPS) is 9.93. The van der Waals surface area contributed by atoms with Crippen LogP contribution >= 0.6 is 12.6 Å². The SMILES string of the molecule is O=C(S)c1cc(-c2ccccc2)ccn1. The highest BCUT2D eigenvalue weighted by atomic mass is 32.1. The van der Waals surface area contributed by atoms with E-state index in [9.17, 15) is 4.79 Å². The molecule has 0 aliphatic rings. The summed E-state index contributed by atoms with van der Waals surface area (Å²) in [6.07, 6.45) is 1.62. The second kappa shape index (κ2) is 4.28. The van der Waals surface area contributed by atoms with Crippen LogP contribution in [0.5, 0.6) is 0 Å². The highest BCUT2D eigenvalue weighted by molar-refractivity contribution is 7.97. The molecule has 0 radical (unpaired) electrons. The number of hydrogen-bond acceptors (Lipinski definition) is 2. The fraction of sp³-hybridized carbons (Fsp3) is 0. The van der Waals surface area contributed by atoms with E-state index in [-0.39, 0.29) is 5.12 Å². The first-order chi connectivity index (χ1) is 7.27. The molecule has 2 aromatic rings. The molecular formula is C12H9NOS. The summed E-state index contributed by atoms with van der Waals surface area (Å²) in [7, 11) is 0. The summed E-state index contributed by atoms with van der Waals surface area (Å²) in [5.41, 5.74) is 2.42. The van der Waals surface area contributed by atoms with Crippen molar-refractivity contribution in [3.8, 4) is 11.1 Å². The number of hydrogen-bond donors (Lipinski definition) is 1. The van der Waals surface area contributed by atoms with E-state index >= 15 is 0 Å². The number of aromatic nitrogens is 1. The molecule has 0 fully saturated rings. The number of rotatable bonds is 2. The Hall–Kier alpha value is -1.61. The van der Waals surface area contributed by atoms with Gasteiger partial charge in [-0.2, -0.15) is 0 Å². The van der Waals surface area contributed by atoms with Gasteiger partial charge in [-0.1, -0.05) is 43.0 Å². The lowest BCUT2D eigenvalue weighted by molar-refractivity contribution is 0.108. The topological polar surface area (TPSA) is 30.0 Å². The smallest absolute Gasteiger partial charge is 0.234 e. The van der Waals surface area contributed by atoms with Gasteiger partial charge in [0.1, 0.15) is 5.69 Å². The van der Waals surface area contributed by atoms with Crippen molar-refractivity contribution in [2.45, 2.75) is 0 Å². The Morgan fingerprint density at radius 2 is 1.80 bits per heavy atom. The third kappa shape index (κ3) is 2.25. The highest BCUT2D eigenvalue weighted by Gasteiger charge is 2.03. The molecule has 0 bridgehead atoms. The number of nitrogens with zero attached hydrogens (tertiary/aromatic N) is 1. The first-order valence-electron chi connectivity index (χ1n) is 4.52. The second-order valence-corrected chi connectivity index (χ2v) is 3.51. The quantitative estimate of drug-likeness (QED) is 0.781. The van der Waals surface area contributed by atoms with Gasteiger partial charge in [0.05, 0.1) is 0 Å². The minimum Gasteiger partial charge on any atom is -0.280 e. The van der Waals surface area contributed by atoms with Crippen molar-refractivity contribution in [3.05, 3.63) is 54.4 Å². The van der Waals surface area contributed by atoms with Gasteiger partial charge in [0, 0.05) is 6.20 Å². The fourth-order valence-electron chi connectivity index (χ4n) is 1.36. The number of thiol groups is 1. The highest BCUT2D eigenvalue weighted by Crippen LogP contribution is 2.19. The first-order valence-corrected chi connectivity index (χ1v) is 4.97. The molecule has 3 heteroatoms. The zero-order valence-electron chi connectivity index (χ0n) is 7.92. The van der Waals surface area contributed by atoms with Gasteiger partial charge in [0.25, 0.3) is 0 Å². The number of benzene rings is 1. The molecule has 0 saturated carbocycles. The molecule has 1 aromatic heterocycles. The summed E-state index contributed by atoms with van der Waals surface area (Å²) in [6, 6.07) is 13.5. The first kappa shape index (κ1) is 9.93. The van der Waals surface area contributed by atoms with E-state index in [1.807, 2.05) is 36.4 Å². The molecule has 0 aliphatic carbocycles. The maximum Gasteiger partial charge on any atom is 0.234 e. The second-order valence-electron chi connectivity index (χ2n) is 3.10. The van der Waals surface area contributed by atoms with Crippen molar-refractivity contribution in [1.82, 2.24) is 4.98 Å². The van der Waals surface area contributed by atoms with E-state index in [0.717, 1.165) is 11.1 Å². The van der Waals surface area contributed by atoms with E-state index in [4.69, 9.17) is 0 Å². The Kier molecular flexibility index (Phi) is 2.83. The average Bonchev–Trinajstić information content (AvgIpc) is 2.30. The largest absolute Gasteiger partial charge is 0.280 e. The Labute approximate surface area is 93.4 Å². The Morgan fingerprint density at radius 3 is 2.47 bits per heavy atom. The average molecular weight is 215 g/mol. The van der Waals surface area contributed by atoms with Crippen LogP contribution in [0.15, 0.2) is 48.7 Å². The van der Waals surface area contributed by atoms with Crippen LogP contribution in [0.1, 0.15) is 10.5 Å². The van der Waals surface area contributed by atoms with Crippen LogP contribution in [0, 0.1) is 0 Å². The summed E-state index contributed by atoms with van der Waals surface area (Å²) in [4.78, 5) is 15.0. The standard InChI is InChI=1S/C12H9NOS/c14-12(15)11-8-10(6-7-13-11)9-4-2-1-3-5-9/h1-8H,(H,14,15). The monoisotopic (exact) mass is 215 g/mol. The van der Waals surface area contributed by atoms with Crippen LogP contribution in [-0.2, 0) is 0 Å². The zero-order valence-corrected chi connectivity index (χ0v) is 8.82. The number of carbonyl (C=O) groups is 1. The molecule has 1 heterocycles. The molecule has 0 aliphatic heterocycles. The van der Waals surface area contributed by atoms with Gasteiger partial charge < -0.3 is 0 Å². The molecule has 0 saturated heterocycles. The fourth-order valence-corrected chi connectivity index (χ4v) is 1.48. The van der Waals surface area contributed by atoms with E-state index < -0.39 is 0 Å². The molecule has 0 amide bonds. The van der Waals surface area contributed by atoms with Gasteiger partial charge in [-0.25, -0.2) is 0 Å². The Bertz CT molecular complexity index is 482. The Morgan fingerprint density at radius 1 is 1.07 bits per heavy atom. The lowest BCUT2D eigenvalue weighted by Crippen LogP contribution is -1.93. The van der Waals surface area contributed by atoms with Crippen LogP contribution < -0.4 is 0 Å². The van der Waals surface area contributed by atoms with Crippen LogP contribution in [0.3, 0.4) is 0 Å². The van der Waals surface area contributed by atoms with Crippen molar-refractivity contribution < 1.29 is 4.79 Å². The van der Waals surface area contributed by atoms with Gasteiger partial charge in [-0.3, -0.25) is 9.78 Å². The number of pyridine rings is 1. The molecule has 0 N–H and O–H groups in total. The van der Waals surface area contributed by atoms with E-state index in [1.165, 1.54) is 0 Å². The van der Waals surface area contributed by atoms with Gasteiger partial charge >= 0.3 is 0 Å². The lowest BCUT2D eigenvalue weighted by Gasteiger charge is -2.01. The number of carbonyl (C=O) groups excluding carboxylic acids is 1. The molecule has 0 unspecified atom stereocenters. The third-order valence-corrected chi connectivity index (χ3v) is 2.32. The van der Waals surface area contributed by atoms with Gasteiger partial charge in [0.2, 0.25) is 5.12 Å². The van der Waals surface area contributed by atoms with Crippen LogP contribution in [-0.4, -0.2) is 10.1 Å². The van der Waals surface area contributed by atoms with Crippen molar-refractivity contribution in [1.29, 1.82) is 0 Å². The van der Waals surface area contributed by atoms with Crippen LogP contribution in [0.25, 0.3) is 11.1 Å². The van der Waals surface area contributed by atoms with Gasteiger partial charge in [-0.15, -0.1) is 0 Å². The maximum absolute atomic E-state index is 11.0. The zero-order chi connectivity index (χ0) is 10.7. The van der Waals surface area contributed by atoms with Gasteiger partial charge in [-0.05, 0) is 23.3 Å².